The lowest BCUT2D eigenvalue weighted by atomic mass is 9.73. The Kier molecular flexibility index (Phi) is 4.80. The third kappa shape index (κ3) is 3.03. The van der Waals surface area contributed by atoms with Crippen LogP contribution in [0.25, 0.3) is 0 Å². The third-order valence-corrected chi connectivity index (χ3v) is 5.82. The highest BCUT2D eigenvalue weighted by Gasteiger charge is 2.36. The van der Waals surface area contributed by atoms with E-state index in [1.807, 2.05) is 18.2 Å². The van der Waals surface area contributed by atoms with Gasteiger partial charge in [-0.1, -0.05) is 75.7 Å². The largest absolute Gasteiger partial charge is 0.310 e. The van der Waals surface area contributed by atoms with E-state index in [0.717, 1.165) is 24.1 Å². The van der Waals surface area contributed by atoms with Gasteiger partial charge in [-0.2, -0.15) is 0 Å². The number of Topliss-reactive ketones (excluding diaryl/α,β-unsaturated/α-hetero) is 1. The van der Waals surface area contributed by atoms with Crippen molar-refractivity contribution in [3.63, 3.8) is 0 Å². The van der Waals surface area contributed by atoms with E-state index in [1.54, 1.807) is 0 Å². The van der Waals surface area contributed by atoms with E-state index in [2.05, 4.69) is 80.3 Å². The van der Waals surface area contributed by atoms with E-state index in [0.29, 0.717) is 6.42 Å². The Hall–Kier alpha value is -2.87. The Balaban J connectivity index is 1.86. The molecule has 0 N–H and O–H groups in total. The Morgan fingerprint density at radius 3 is 2.07 bits per heavy atom. The van der Waals surface area contributed by atoms with Crippen LogP contribution in [0.1, 0.15) is 61.5 Å². The summed E-state index contributed by atoms with van der Waals surface area (Å²) in [7, 11) is 0. The summed E-state index contributed by atoms with van der Waals surface area (Å²) in [5.41, 5.74) is 6.74. The Morgan fingerprint density at radius 2 is 1.46 bits per heavy atom. The average Bonchev–Trinajstić information content (AvgIpc) is 2.72. The summed E-state index contributed by atoms with van der Waals surface area (Å²) in [4.78, 5) is 14.9. The lowest BCUT2D eigenvalue weighted by Gasteiger charge is -2.42. The zero-order valence-electron chi connectivity index (χ0n) is 16.9. The average molecular weight is 370 g/mol. The molecule has 0 fully saturated rings. The number of rotatable bonds is 5. The standard InChI is InChI=1S/C26H27NO/c1-4-5-17-25(28)19-11-10-12-20(18-19)27-23-15-8-6-13-21(23)26(2,3)22-14-7-9-16-24(22)27/h6-16,18H,4-5,17H2,1-3H3. The molecular weight excluding hydrogens is 342 g/mol. The Labute approximate surface area is 167 Å². The minimum atomic E-state index is -0.0712. The smallest absolute Gasteiger partial charge is 0.162 e. The second-order valence-electron chi connectivity index (χ2n) is 8.07. The molecule has 1 aliphatic rings. The maximum absolute atomic E-state index is 12.6. The van der Waals surface area contributed by atoms with Gasteiger partial charge < -0.3 is 4.90 Å². The van der Waals surface area contributed by atoms with Crippen LogP contribution in [0.15, 0.2) is 72.8 Å². The first-order chi connectivity index (χ1) is 13.5. The van der Waals surface area contributed by atoms with Gasteiger partial charge in [-0.05, 0) is 41.8 Å². The molecule has 0 saturated heterocycles. The van der Waals surface area contributed by atoms with Crippen LogP contribution in [0.2, 0.25) is 0 Å². The highest BCUT2D eigenvalue weighted by molar-refractivity contribution is 5.98. The number of fused-ring (bicyclic) bond motifs is 2. The third-order valence-electron chi connectivity index (χ3n) is 5.82. The highest BCUT2D eigenvalue weighted by atomic mass is 16.1. The van der Waals surface area contributed by atoms with E-state index in [-0.39, 0.29) is 11.2 Å². The van der Waals surface area contributed by atoms with Crippen molar-refractivity contribution >= 4 is 22.8 Å². The first-order valence-electron chi connectivity index (χ1n) is 10.2. The SMILES string of the molecule is CCCCC(=O)c1cccc(N2c3ccccc3C(C)(C)c3ccccc32)c1. The summed E-state index contributed by atoms with van der Waals surface area (Å²) >= 11 is 0. The predicted molar refractivity (Wildman–Crippen MR) is 117 cm³/mol. The summed E-state index contributed by atoms with van der Waals surface area (Å²) in [5.74, 6) is 0.225. The van der Waals surface area contributed by atoms with Gasteiger partial charge in [0.1, 0.15) is 0 Å². The fourth-order valence-electron chi connectivity index (χ4n) is 4.25. The number of hydrogen-bond acceptors (Lipinski definition) is 2. The molecule has 0 spiro atoms. The molecule has 0 aromatic heterocycles. The molecule has 3 aromatic carbocycles. The van der Waals surface area contributed by atoms with Gasteiger partial charge in [-0.15, -0.1) is 0 Å². The zero-order valence-corrected chi connectivity index (χ0v) is 16.9. The normalized spacial score (nSPS) is 14.3. The van der Waals surface area contributed by atoms with Crippen LogP contribution in [-0.4, -0.2) is 5.78 Å². The zero-order chi connectivity index (χ0) is 19.7. The van der Waals surface area contributed by atoms with Crippen LogP contribution >= 0.6 is 0 Å². The Morgan fingerprint density at radius 1 is 0.857 bits per heavy atom. The first-order valence-corrected chi connectivity index (χ1v) is 10.2. The van der Waals surface area contributed by atoms with Crippen molar-refractivity contribution in [2.24, 2.45) is 0 Å². The van der Waals surface area contributed by atoms with Crippen molar-refractivity contribution in [3.05, 3.63) is 89.5 Å². The number of carbonyl (C=O) groups excluding carboxylic acids is 1. The molecule has 0 aliphatic carbocycles. The molecule has 2 nitrogen and oxygen atoms in total. The van der Waals surface area contributed by atoms with Crippen molar-refractivity contribution in [1.82, 2.24) is 0 Å². The quantitative estimate of drug-likeness (QED) is 0.444. The van der Waals surface area contributed by atoms with Crippen molar-refractivity contribution in [2.75, 3.05) is 4.90 Å². The number of unbranched alkanes of at least 4 members (excludes halogenated alkanes) is 1. The number of hydrogen-bond donors (Lipinski definition) is 0. The minimum absolute atomic E-state index is 0.0712. The first kappa shape index (κ1) is 18.5. The van der Waals surface area contributed by atoms with Crippen molar-refractivity contribution < 1.29 is 4.79 Å². The molecule has 3 aromatic rings. The fraction of sp³-hybridized carbons (Fsp3) is 0.269. The molecule has 0 saturated carbocycles. The van der Waals surface area contributed by atoms with Gasteiger partial charge >= 0.3 is 0 Å². The minimum Gasteiger partial charge on any atom is -0.310 e. The van der Waals surface area contributed by atoms with E-state index in [9.17, 15) is 4.79 Å². The molecule has 142 valence electrons. The Bertz CT molecular complexity index is 969. The van der Waals surface area contributed by atoms with Gasteiger partial charge in [-0.3, -0.25) is 4.79 Å². The van der Waals surface area contributed by atoms with Crippen molar-refractivity contribution in [1.29, 1.82) is 0 Å². The molecule has 28 heavy (non-hydrogen) atoms. The molecule has 4 rings (SSSR count). The maximum Gasteiger partial charge on any atom is 0.162 e. The van der Waals surface area contributed by atoms with Crippen LogP contribution in [0.4, 0.5) is 17.1 Å². The van der Waals surface area contributed by atoms with Crippen LogP contribution in [0, 0.1) is 0 Å². The maximum atomic E-state index is 12.6. The fourth-order valence-corrected chi connectivity index (χ4v) is 4.25. The number of anilines is 3. The van der Waals surface area contributed by atoms with Gasteiger partial charge in [0.15, 0.2) is 5.78 Å². The van der Waals surface area contributed by atoms with E-state index < -0.39 is 0 Å². The van der Waals surface area contributed by atoms with E-state index in [4.69, 9.17) is 0 Å². The van der Waals surface area contributed by atoms with Crippen LogP contribution in [-0.2, 0) is 5.41 Å². The second-order valence-corrected chi connectivity index (χ2v) is 8.07. The number of carbonyl (C=O) groups is 1. The topological polar surface area (TPSA) is 20.3 Å². The molecule has 0 radical (unpaired) electrons. The summed E-state index contributed by atoms with van der Waals surface area (Å²) in [6, 6.07) is 25.3. The molecule has 0 amide bonds. The number of benzene rings is 3. The van der Waals surface area contributed by atoms with Gasteiger partial charge in [0, 0.05) is 23.1 Å². The molecule has 2 heteroatoms. The summed E-state index contributed by atoms with van der Waals surface area (Å²) < 4.78 is 0. The van der Waals surface area contributed by atoms with Crippen LogP contribution < -0.4 is 4.90 Å². The molecule has 1 heterocycles. The molecule has 1 aliphatic heterocycles. The lowest BCUT2D eigenvalue weighted by Crippen LogP contribution is -2.30. The molecule has 0 atom stereocenters. The number of nitrogens with zero attached hydrogens (tertiary/aromatic N) is 1. The molecule has 0 bridgehead atoms. The van der Waals surface area contributed by atoms with Gasteiger partial charge in [0.2, 0.25) is 0 Å². The predicted octanol–water partition coefficient (Wildman–Crippen LogP) is 7.17. The second kappa shape index (κ2) is 7.27. The molecule has 0 unspecified atom stereocenters. The lowest BCUT2D eigenvalue weighted by molar-refractivity contribution is 0.0980. The summed E-state index contributed by atoms with van der Waals surface area (Å²) in [6.07, 6.45) is 2.58. The van der Waals surface area contributed by atoms with Gasteiger partial charge in [0.25, 0.3) is 0 Å². The number of para-hydroxylation sites is 2. The van der Waals surface area contributed by atoms with Gasteiger partial charge in [-0.25, -0.2) is 0 Å². The highest BCUT2D eigenvalue weighted by Crippen LogP contribution is 2.51. The molecular formula is C26H27NO. The van der Waals surface area contributed by atoms with Crippen molar-refractivity contribution in [2.45, 2.75) is 45.4 Å². The van der Waals surface area contributed by atoms with Crippen LogP contribution in [0.5, 0.6) is 0 Å². The monoisotopic (exact) mass is 369 g/mol. The summed E-state index contributed by atoms with van der Waals surface area (Å²) in [6.45, 7) is 6.69. The van der Waals surface area contributed by atoms with Crippen molar-refractivity contribution in [3.8, 4) is 0 Å². The van der Waals surface area contributed by atoms with Crippen LogP contribution in [0.3, 0.4) is 0 Å². The van der Waals surface area contributed by atoms with E-state index >= 15 is 0 Å². The number of ketones is 1. The summed E-state index contributed by atoms with van der Waals surface area (Å²) in [5, 5.41) is 0. The van der Waals surface area contributed by atoms with E-state index in [1.165, 1.54) is 22.5 Å². The van der Waals surface area contributed by atoms with Gasteiger partial charge in [0.05, 0.1) is 11.4 Å².